The number of esters is 1. The second-order valence-corrected chi connectivity index (χ2v) is 6.05. The number of carbonyl (C=O) groups is 1. The zero-order chi connectivity index (χ0) is 15.7. The highest BCUT2D eigenvalue weighted by atomic mass is 32.2. The number of hydrogen-bond donors (Lipinski definition) is 1. The first-order chi connectivity index (χ1) is 11.3. The van der Waals surface area contributed by atoms with Crippen LogP contribution in [0.1, 0.15) is 21.5 Å². The highest BCUT2D eigenvalue weighted by Crippen LogP contribution is 2.44. The second-order valence-electron chi connectivity index (χ2n) is 5.11. The van der Waals surface area contributed by atoms with Gasteiger partial charge in [-0.25, -0.2) is 4.79 Å². The molecule has 7 heteroatoms. The van der Waals surface area contributed by atoms with Gasteiger partial charge in [-0.3, -0.25) is 0 Å². The molecule has 1 N–H and O–H groups in total. The first-order valence-corrected chi connectivity index (χ1v) is 8.03. The van der Waals surface area contributed by atoms with Gasteiger partial charge >= 0.3 is 5.97 Å². The Morgan fingerprint density at radius 3 is 2.65 bits per heavy atom. The quantitative estimate of drug-likeness (QED) is 0.586. The smallest absolute Gasteiger partial charge is 0.339 e. The third kappa shape index (κ3) is 2.29. The molecule has 1 aromatic heterocycles. The van der Waals surface area contributed by atoms with E-state index >= 15 is 0 Å². The number of thioether (sulfide) groups is 1. The van der Waals surface area contributed by atoms with Crippen molar-refractivity contribution in [2.24, 2.45) is 0 Å². The number of nitrogens with zero attached hydrogens (tertiary/aromatic N) is 3. The molecule has 1 atom stereocenters. The Kier molecular flexibility index (Phi) is 3.34. The monoisotopic (exact) mass is 324 g/mol. The fourth-order valence-corrected chi connectivity index (χ4v) is 3.69. The summed E-state index contributed by atoms with van der Waals surface area (Å²) in [6.07, 6.45) is 0. The molecule has 6 nitrogen and oxygen atoms in total. The number of carbonyl (C=O) groups excluding carboxylic acids is 1. The summed E-state index contributed by atoms with van der Waals surface area (Å²) in [5, 5.41) is 14.4. The molecule has 3 aromatic rings. The number of fused-ring (bicyclic) bond motifs is 1. The highest BCUT2D eigenvalue weighted by Gasteiger charge is 2.47. The second kappa shape index (κ2) is 5.51. The number of H-pyrrole nitrogens is 1. The predicted molar refractivity (Wildman–Crippen MR) is 84.0 cm³/mol. The summed E-state index contributed by atoms with van der Waals surface area (Å²) in [5.41, 5.74) is 1.55. The Labute approximate surface area is 136 Å². The molecule has 0 amide bonds. The van der Waals surface area contributed by atoms with E-state index in [0.29, 0.717) is 16.5 Å². The van der Waals surface area contributed by atoms with Gasteiger partial charge in [-0.2, -0.15) is 5.21 Å². The number of cyclic esters (lactones) is 1. The summed E-state index contributed by atoms with van der Waals surface area (Å²) >= 11 is 1.39. The lowest BCUT2D eigenvalue weighted by Crippen LogP contribution is -2.31. The highest BCUT2D eigenvalue weighted by molar-refractivity contribution is 7.99. The maximum Gasteiger partial charge on any atom is 0.339 e. The summed E-state index contributed by atoms with van der Waals surface area (Å²) in [6, 6.07) is 17.2. The third-order valence-electron chi connectivity index (χ3n) is 3.82. The van der Waals surface area contributed by atoms with Gasteiger partial charge in [0.1, 0.15) is 0 Å². The maximum absolute atomic E-state index is 12.3. The summed E-state index contributed by atoms with van der Waals surface area (Å²) in [5.74, 6) is 0.164. The van der Waals surface area contributed by atoms with Gasteiger partial charge in [-0.15, -0.1) is 10.2 Å². The van der Waals surface area contributed by atoms with E-state index in [1.165, 1.54) is 11.8 Å². The average Bonchev–Trinajstić information content (AvgIpc) is 3.22. The van der Waals surface area contributed by atoms with Crippen molar-refractivity contribution in [1.82, 2.24) is 20.6 Å². The molecule has 23 heavy (non-hydrogen) atoms. The van der Waals surface area contributed by atoms with Gasteiger partial charge in [0.2, 0.25) is 5.16 Å². The van der Waals surface area contributed by atoms with Crippen LogP contribution in [0.25, 0.3) is 0 Å². The minimum absolute atomic E-state index is 0.307. The van der Waals surface area contributed by atoms with E-state index < -0.39 is 5.60 Å². The molecule has 1 aliphatic rings. The largest absolute Gasteiger partial charge is 0.445 e. The normalized spacial score (nSPS) is 19.4. The lowest BCUT2D eigenvalue weighted by Gasteiger charge is -2.28. The summed E-state index contributed by atoms with van der Waals surface area (Å²) in [6.45, 7) is 0. The van der Waals surface area contributed by atoms with Crippen LogP contribution in [0.4, 0.5) is 0 Å². The van der Waals surface area contributed by atoms with Crippen molar-refractivity contribution in [1.29, 1.82) is 0 Å². The van der Waals surface area contributed by atoms with Crippen LogP contribution in [0.2, 0.25) is 0 Å². The number of benzene rings is 2. The van der Waals surface area contributed by atoms with Gasteiger partial charge in [0.05, 0.1) is 11.3 Å². The first-order valence-electron chi connectivity index (χ1n) is 7.04. The number of nitrogens with one attached hydrogen (secondary N) is 1. The van der Waals surface area contributed by atoms with Crippen LogP contribution in [0.5, 0.6) is 0 Å². The number of rotatable bonds is 4. The Morgan fingerprint density at radius 2 is 1.87 bits per heavy atom. The molecule has 0 saturated carbocycles. The average molecular weight is 324 g/mol. The van der Waals surface area contributed by atoms with Gasteiger partial charge in [0.25, 0.3) is 0 Å². The molecule has 0 saturated heterocycles. The summed E-state index contributed by atoms with van der Waals surface area (Å²) in [7, 11) is 0. The van der Waals surface area contributed by atoms with Crippen molar-refractivity contribution >= 4 is 17.7 Å². The van der Waals surface area contributed by atoms with Crippen molar-refractivity contribution in [2.45, 2.75) is 10.8 Å². The van der Waals surface area contributed by atoms with Crippen molar-refractivity contribution in [3.8, 4) is 0 Å². The number of ether oxygens (including phenoxy) is 1. The zero-order valence-corrected chi connectivity index (χ0v) is 12.8. The Bertz CT molecular complexity index is 838. The lowest BCUT2D eigenvalue weighted by atomic mass is 9.87. The first kappa shape index (κ1) is 14.0. The predicted octanol–water partition coefficient (Wildman–Crippen LogP) is 2.41. The number of tetrazole rings is 1. The van der Waals surface area contributed by atoms with Crippen LogP contribution in [0.15, 0.2) is 59.8 Å². The molecule has 0 fully saturated rings. The Morgan fingerprint density at radius 1 is 1.09 bits per heavy atom. The fraction of sp³-hybridized carbons (Fsp3) is 0.125. The molecule has 4 rings (SSSR count). The SMILES string of the molecule is O=C1OC(CSc2nn[nH]n2)(c2ccccc2)c2ccccc21. The van der Waals surface area contributed by atoms with E-state index in [4.69, 9.17) is 4.74 Å². The molecule has 2 aromatic carbocycles. The Balaban J connectivity index is 1.81. The molecule has 2 heterocycles. The topological polar surface area (TPSA) is 80.8 Å². The molecule has 1 unspecified atom stereocenters. The molecular formula is C16H12N4O2S. The van der Waals surface area contributed by atoms with E-state index in [2.05, 4.69) is 20.6 Å². The van der Waals surface area contributed by atoms with Crippen LogP contribution in [-0.2, 0) is 10.3 Å². The standard InChI is InChI=1S/C16H12N4O2S/c21-14-12-8-4-5-9-13(12)16(22-14,11-6-2-1-3-7-11)10-23-15-17-19-20-18-15/h1-9H,10H2,(H,17,18,19,20). The van der Waals surface area contributed by atoms with Gasteiger partial charge in [0.15, 0.2) is 5.60 Å². The molecule has 1 aliphatic heterocycles. The van der Waals surface area contributed by atoms with E-state index in [9.17, 15) is 4.79 Å². The summed E-state index contributed by atoms with van der Waals surface area (Å²) < 4.78 is 5.86. The number of aromatic nitrogens is 4. The van der Waals surface area contributed by atoms with Crippen molar-refractivity contribution in [2.75, 3.05) is 5.75 Å². The van der Waals surface area contributed by atoms with Crippen LogP contribution in [-0.4, -0.2) is 32.3 Å². The minimum Gasteiger partial charge on any atom is -0.445 e. The van der Waals surface area contributed by atoms with Crippen LogP contribution >= 0.6 is 11.8 Å². The summed E-state index contributed by atoms with van der Waals surface area (Å²) in [4.78, 5) is 12.3. The van der Waals surface area contributed by atoms with Gasteiger partial charge in [-0.05, 0) is 11.3 Å². The molecule has 0 radical (unpaired) electrons. The van der Waals surface area contributed by atoms with Gasteiger partial charge in [-0.1, -0.05) is 60.3 Å². The molecule has 0 spiro atoms. The van der Waals surface area contributed by atoms with E-state index in [-0.39, 0.29) is 5.97 Å². The lowest BCUT2D eigenvalue weighted by molar-refractivity contribution is 0.0197. The van der Waals surface area contributed by atoms with Gasteiger partial charge in [0, 0.05) is 11.1 Å². The van der Waals surface area contributed by atoms with Crippen molar-refractivity contribution < 1.29 is 9.53 Å². The number of aromatic amines is 1. The van der Waals surface area contributed by atoms with E-state index in [0.717, 1.165) is 11.1 Å². The maximum atomic E-state index is 12.3. The van der Waals surface area contributed by atoms with Crippen LogP contribution in [0, 0.1) is 0 Å². The van der Waals surface area contributed by atoms with E-state index in [1.54, 1.807) is 6.07 Å². The molecular weight excluding hydrogens is 312 g/mol. The number of hydrogen-bond acceptors (Lipinski definition) is 6. The van der Waals surface area contributed by atoms with E-state index in [1.807, 2.05) is 48.5 Å². The van der Waals surface area contributed by atoms with Gasteiger partial charge < -0.3 is 4.74 Å². The third-order valence-corrected chi connectivity index (χ3v) is 4.80. The van der Waals surface area contributed by atoms with Crippen LogP contribution in [0.3, 0.4) is 0 Å². The Hall–Kier alpha value is -2.67. The molecule has 114 valence electrons. The van der Waals surface area contributed by atoms with Crippen molar-refractivity contribution in [3.05, 3.63) is 71.3 Å². The zero-order valence-electron chi connectivity index (χ0n) is 12.0. The molecule has 0 aliphatic carbocycles. The van der Waals surface area contributed by atoms with Crippen LogP contribution < -0.4 is 0 Å². The molecule has 0 bridgehead atoms. The minimum atomic E-state index is -0.847. The fourth-order valence-electron chi connectivity index (χ4n) is 2.77. The van der Waals surface area contributed by atoms with Crippen molar-refractivity contribution in [3.63, 3.8) is 0 Å².